The maximum Gasteiger partial charge on any atom is 0.223 e. The summed E-state index contributed by atoms with van der Waals surface area (Å²) in [7, 11) is 1.69. The molecular weight excluding hydrogens is 410 g/mol. The highest BCUT2D eigenvalue weighted by molar-refractivity contribution is 14.0. The quantitative estimate of drug-likeness (QED) is 0.278. The van der Waals surface area contributed by atoms with Gasteiger partial charge in [0.2, 0.25) is 5.91 Å². The molecule has 1 aliphatic carbocycles. The van der Waals surface area contributed by atoms with Crippen LogP contribution in [0.25, 0.3) is 0 Å². The Morgan fingerprint density at radius 2 is 1.96 bits per heavy atom. The van der Waals surface area contributed by atoms with Crippen molar-refractivity contribution >= 4 is 35.8 Å². The van der Waals surface area contributed by atoms with E-state index in [1.165, 1.54) is 6.07 Å². The normalized spacial score (nSPS) is 14.0. The summed E-state index contributed by atoms with van der Waals surface area (Å²) < 4.78 is 13.2. The summed E-state index contributed by atoms with van der Waals surface area (Å²) in [5.41, 5.74) is 1.62. The Kier molecular flexibility index (Phi) is 8.29. The molecule has 7 heteroatoms. The monoisotopic (exact) mass is 434 g/mol. The van der Waals surface area contributed by atoms with E-state index in [-0.39, 0.29) is 41.6 Å². The zero-order chi connectivity index (χ0) is 15.9. The van der Waals surface area contributed by atoms with Crippen LogP contribution in [0.15, 0.2) is 23.2 Å². The molecule has 1 aromatic carbocycles. The van der Waals surface area contributed by atoms with Crippen LogP contribution in [-0.4, -0.2) is 32.0 Å². The van der Waals surface area contributed by atoms with Gasteiger partial charge in [-0.2, -0.15) is 0 Å². The molecule has 0 aromatic heterocycles. The SMILES string of the molecule is CN=C(NCCNC(=O)C1CC1)NCc1ccc(F)c(C)c1.I. The Labute approximate surface area is 153 Å². The number of amides is 1. The number of aryl methyl sites for hydroxylation is 1. The second-order valence-corrected chi connectivity index (χ2v) is 5.50. The first-order chi connectivity index (χ1) is 10.6. The molecule has 0 radical (unpaired) electrons. The average molecular weight is 434 g/mol. The molecule has 0 heterocycles. The molecule has 23 heavy (non-hydrogen) atoms. The highest BCUT2D eigenvalue weighted by Gasteiger charge is 2.28. The number of aliphatic imine (C=N–C) groups is 1. The Morgan fingerprint density at radius 1 is 1.26 bits per heavy atom. The fourth-order valence-corrected chi connectivity index (χ4v) is 2.08. The molecule has 0 aliphatic heterocycles. The van der Waals surface area contributed by atoms with Gasteiger partial charge in [-0.3, -0.25) is 9.79 Å². The second kappa shape index (κ2) is 9.69. The van der Waals surface area contributed by atoms with E-state index in [2.05, 4.69) is 20.9 Å². The van der Waals surface area contributed by atoms with Crippen LogP contribution in [-0.2, 0) is 11.3 Å². The van der Waals surface area contributed by atoms with E-state index < -0.39 is 0 Å². The number of halogens is 2. The van der Waals surface area contributed by atoms with Gasteiger partial charge in [0, 0.05) is 32.6 Å². The molecule has 1 aliphatic rings. The van der Waals surface area contributed by atoms with Gasteiger partial charge in [0.1, 0.15) is 5.82 Å². The van der Waals surface area contributed by atoms with Crippen LogP contribution in [0.1, 0.15) is 24.0 Å². The van der Waals surface area contributed by atoms with Crippen LogP contribution in [0.4, 0.5) is 4.39 Å². The third-order valence-corrected chi connectivity index (χ3v) is 3.57. The molecule has 128 valence electrons. The Balaban J connectivity index is 0.00000264. The van der Waals surface area contributed by atoms with Crippen LogP contribution in [0.5, 0.6) is 0 Å². The van der Waals surface area contributed by atoms with E-state index in [4.69, 9.17) is 0 Å². The van der Waals surface area contributed by atoms with Crippen molar-refractivity contribution in [2.24, 2.45) is 10.9 Å². The third kappa shape index (κ3) is 6.72. The van der Waals surface area contributed by atoms with Crippen LogP contribution in [0.2, 0.25) is 0 Å². The van der Waals surface area contributed by atoms with Gasteiger partial charge >= 0.3 is 0 Å². The second-order valence-electron chi connectivity index (χ2n) is 5.50. The molecule has 0 unspecified atom stereocenters. The average Bonchev–Trinajstić information content (AvgIpc) is 3.34. The lowest BCUT2D eigenvalue weighted by atomic mass is 10.1. The molecule has 1 saturated carbocycles. The van der Waals surface area contributed by atoms with Gasteiger partial charge in [-0.1, -0.05) is 12.1 Å². The van der Waals surface area contributed by atoms with Gasteiger partial charge in [0.15, 0.2) is 5.96 Å². The minimum atomic E-state index is -0.197. The van der Waals surface area contributed by atoms with Crippen LogP contribution >= 0.6 is 24.0 Å². The van der Waals surface area contributed by atoms with E-state index in [9.17, 15) is 9.18 Å². The van der Waals surface area contributed by atoms with Crippen molar-refractivity contribution in [2.45, 2.75) is 26.3 Å². The van der Waals surface area contributed by atoms with Gasteiger partial charge in [-0.05, 0) is 37.0 Å². The first kappa shape index (κ1) is 19.7. The van der Waals surface area contributed by atoms with Crippen molar-refractivity contribution in [2.75, 3.05) is 20.1 Å². The Morgan fingerprint density at radius 3 is 2.57 bits per heavy atom. The number of nitrogens with one attached hydrogen (secondary N) is 3. The lowest BCUT2D eigenvalue weighted by Gasteiger charge is -2.12. The summed E-state index contributed by atoms with van der Waals surface area (Å²) in [6.45, 7) is 3.50. The molecular formula is C16H24FIN4O. The highest BCUT2D eigenvalue weighted by atomic mass is 127. The van der Waals surface area contributed by atoms with Crippen molar-refractivity contribution in [3.8, 4) is 0 Å². The topological polar surface area (TPSA) is 65.5 Å². The van der Waals surface area contributed by atoms with Crippen LogP contribution in [0, 0.1) is 18.7 Å². The fraction of sp³-hybridized carbons (Fsp3) is 0.500. The summed E-state index contributed by atoms with van der Waals surface area (Å²) in [6.07, 6.45) is 2.03. The first-order valence-corrected chi connectivity index (χ1v) is 7.57. The smallest absolute Gasteiger partial charge is 0.223 e. The van der Waals surface area contributed by atoms with Crippen molar-refractivity contribution in [3.05, 3.63) is 35.1 Å². The molecule has 0 bridgehead atoms. The Bertz CT molecular complexity index is 561. The molecule has 1 aromatic rings. The van der Waals surface area contributed by atoms with E-state index in [0.717, 1.165) is 18.4 Å². The van der Waals surface area contributed by atoms with Crippen molar-refractivity contribution in [3.63, 3.8) is 0 Å². The number of hydrogen-bond acceptors (Lipinski definition) is 2. The van der Waals surface area contributed by atoms with Gasteiger partial charge < -0.3 is 16.0 Å². The van der Waals surface area contributed by atoms with Crippen LogP contribution in [0.3, 0.4) is 0 Å². The number of nitrogens with zero attached hydrogens (tertiary/aromatic N) is 1. The lowest BCUT2D eigenvalue weighted by molar-refractivity contribution is -0.122. The number of carbonyl (C=O) groups is 1. The summed E-state index contributed by atoms with van der Waals surface area (Å²) in [6, 6.07) is 5.03. The predicted octanol–water partition coefficient (Wildman–Crippen LogP) is 1.94. The van der Waals surface area contributed by atoms with Gasteiger partial charge in [-0.25, -0.2) is 4.39 Å². The highest BCUT2D eigenvalue weighted by Crippen LogP contribution is 2.28. The van der Waals surface area contributed by atoms with E-state index in [1.807, 2.05) is 6.07 Å². The summed E-state index contributed by atoms with van der Waals surface area (Å²) in [5.74, 6) is 0.839. The minimum absolute atomic E-state index is 0. The standard InChI is InChI=1S/C16H23FN4O.HI/c1-11-9-12(3-6-14(11)17)10-21-16(18-2)20-8-7-19-15(22)13-4-5-13;/h3,6,9,13H,4-5,7-8,10H2,1-2H3,(H,19,22)(H2,18,20,21);1H. The number of rotatable bonds is 6. The maximum atomic E-state index is 13.2. The molecule has 0 atom stereocenters. The molecule has 1 amide bonds. The number of carbonyl (C=O) groups excluding carboxylic acids is 1. The predicted molar refractivity (Wildman–Crippen MR) is 100 cm³/mol. The zero-order valence-corrected chi connectivity index (χ0v) is 15.8. The molecule has 0 spiro atoms. The number of benzene rings is 1. The lowest BCUT2D eigenvalue weighted by Crippen LogP contribution is -2.41. The van der Waals surface area contributed by atoms with Crippen molar-refractivity contribution in [1.82, 2.24) is 16.0 Å². The zero-order valence-electron chi connectivity index (χ0n) is 13.5. The molecule has 3 N–H and O–H groups in total. The van der Waals surface area contributed by atoms with Gasteiger partial charge in [0.25, 0.3) is 0 Å². The van der Waals surface area contributed by atoms with Gasteiger partial charge in [0.05, 0.1) is 0 Å². The van der Waals surface area contributed by atoms with E-state index in [1.54, 1.807) is 20.0 Å². The van der Waals surface area contributed by atoms with Gasteiger partial charge in [-0.15, -0.1) is 24.0 Å². The number of hydrogen-bond donors (Lipinski definition) is 3. The summed E-state index contributed by atoms with van der Waals surface area (Å²) in [4.78, 5) is 15.6. The van der Waals surface area contributed by atoms with Crippen molar-refractivity contribution < 1.29 is 9.18 Å². The third-order valence-electron chi connectivity index (χ3n) is 3.57. The largest absolute Gasteiger partial charge is 0.355 e. The van der Waals surface area contributed by atoms with Crippen LogP contribution < -0.4 is 16.0 Å². The molecule has 1 fully saturated rings. The molecule has 0 saturated heterocycles. The Hall–Kier alpha value is -1.38. The van der Waals surface area contributed by atoms with E-state index >= 15 is 0 Å². The number of guanidine groups is 1. The maximum absolute atomic E-state index is 13.2. The van der Waals surface area contributed by atoms with E-state index in [0.29, 0.717) is 31.2 Å². The van der Waals surface area contributed by atoms with Crippen molar-refractivity contribution in [1.29, 1.82) is 0 Å². The fourth-order valence-electron chi connectivity index (χ4n) is 2.08. The summed E-state index contributed by atoms with van der Waals surface area (Å²) >= 11 is 0. The molecule has 5 nitrogen and oxygen atoms in total. The summed E-state index contributed by atoms with van der Waals surface area (Å²) in [5, 5.41) is 9.18. The first-order valence-electron chi connectivity index (χ1n) is 7.57. The minimum Gasteiger partial charge on any atom is -0.355 e. The molecule has 2 rings (SSSR count).